The zero-order valence-electron chi connectivity index (χ0n) is 11.0. The molecule has 2 rings (SSSR count). The van der Waals surface area contributed by atoms with Crippen molar-refractivity contribution in [1.82, 2.24) is 5.43 Å². The Bertz CT molecular complexity index is 524. The van der Waals surface area contributed by atoms with Gasteiger partial charge in [0.1, 0.15) is 5.82 Å². The summed E-state index contributed by atoms with van der Waals surface area (Å²) in [6.45, 7) is 2.15. The van der Waals surface area contributed by atoms with Crippen molar-refractivity contribution in [3.05, 3.63) is 57.5 Å². The van der Waals surface area contributed by atoms with E-state index in [2.05, 4.69) is 24.5 Å². The fourth-order valence-electron chi connectivity index (χ4n) is 2.08. The lowest BCUT2D eigenvalue weighted by Crippen LogP contribution is -2.38. The molecule has 1 aromatic heterocycles. The van der Waals surface area contributed by atoms with Gasteiger partial charge >= 0.3 is 0 Å². The largest absolute Gasteiger partial charge is 0.271 e. The lowest BCUT2D eigenvalue weighted by molar-refractivity contribution is 0.509. The molecule has 19 heavy (non-hydrogen) atoms. The molecule has 102 valence electrons. The zero-order valence-corrected chi connectivity index (χ0v) is 11.8. The van der Waals surface area contributed by atoms with Gasteiger partial charge in [-0.3, -0.25) is 11.3 Å². The lowest BCUT2D eigenvalue weighted by Gasteiger charge is -2.15. The van der Waals surface area contributed by atoms with E-state index in [0.29, 0.717) is 12.0 Å². The third-order valence-corrected chi connectivity index (χ3v) is 4.43. The summed E-state index contributed by atoms with van der Waals surface area (Å²) in [6, 6.07) is 11.2. The van der Waals surface area contributed by atoms with Crippen molar-refractivity contribution in [2.75, 3.05) is 0 Å². The van der Waals surface area contributed by atoms with E-state index in [1.54, 1.807) is 17.4 Å². The maximum absolute atomic E-state index is 13.6. The zero-order chi connectivity index (χ0) is 13.7. The number of benzene rings is 1. The molecule has 0 amide bonds. The van der Waals surface area contributed by atoms with Crippen LogP contribution in [0, 0.1) is 5.82 Å². The molecule has 0 aliphatic heterocycles. The Hall–Kier alpha value is -1.23. The fraction of sp³-hybridized carbons (Fsp3) is 0.333. The van der Waals surface area contributed by atoms with E-state index in [-0.39, 0.29) is 11.9 Å². The Morgan fingerprint density at radius 2 is 1.89 bits per heavy atom. The summed E-state index contributed by atoms with van der Waals surface area (Å²) in [6.07, 6.45) is 2.48. The Morgan fingerprint density at radius 1 is 1.16 bits per heavy atom. The van der Waals surface area contributed by atoms with Gasteiger partial charge in [-0.05, 0) is 43.0 Å². The quantitative estimate of drug-likeness (QED) is 0.629. The second kappa shape index (κ2) is 6.80. The second-order valence-corrected chi connectivity index (χ2v) is 5.84. The van der Waals surface area contributed by atoms with Crippen LogP contribution < -0.4 is 11.3 Å². The fourth-order valence-corrected chi connectivity index (χ4v) is 3.12. The van der Waals surface area contributed by atoms with Crippen molar-refractivity contribution in [3.8, 4) is 0 Å². The van der Waals surface area contributed by atoms with E-state index in [1.165, 1.54) is 15.8 Å². The summed E-state index contributed by atoms with van der Waals surface area (Å²) in [5.41, 5.74) is 3.50. The van der Waals surface area contributed by atoms with Crippen molar-refractivity contribution < 1.29 is 4.39 Å². The van der Waals surface area contributed by atoms with Crippen molar-refractivity contribution in [1.29, 1.82) is 0 Å². The van der Waals surface area contributed by atoms with Crippen LogP contribution in [0.4, 0.5) is 4.39 Å². The molecule has 2 aromatic rings. The van der Waals surface area contributed by atoms with Crippen LogP contribution in [-0.4, -0.2) is 6.04 Å². The topological polar surface area (TPSA) is 38.0 Å². The highest BCUT2D eigenvalue weighted by atomic mass is 32.1. The van der Waals surface area contributed by atoms with Crippen LogP contribution in [0.15, 0.2) is 36.4 Å². The van der Waals surface area contributed by atoms with E-state index in [9.17, 15) is 4.39 Å². The Balaban J connectivity index is 2.02. The number of rotatable bonds is 6. The highest BCUT2D eigenvalue weighted by molar-refractivity contribution is 7.11. The minimum Gasteiger partial charge on any atom is -0.271 e. The Kier molecular flexibility index (Phi) is 5.07. The van der Waals surface area contributed by atoms with Gasteiger partial charge in [-0.25, -0.2) is 4.39 Å². The van der Waals surface area contributed by atoms with Gasteiger partial charge in [0.25, 0.3) is 0 Å². The van der Waals surface area contributed by atoms with E-state index < -0.39 is 0 Å². The number of nitrogens with one attached hydrogen (secondary N) is 1. The number of thiophene rings is 1. The molecule has 0 aliphatic carbocycles. The monoisotopic (exact) mass is 278 g/mol. The lowest BCUT2D eigenvalue weighted by atomic mass is 10.0. The van der Waals surface area contributed by atoms with Crippen LogP contribution in [0.1, 0.15) is 22.2 Å². The molecule has 4 heteroatoms. The third kappa shape index (κ3) is 3.86. The van der Waals surface area contributed by atoms with E-state index in [4.69, 9.17) is 5.84 Å². The summed E-state index contributed by atoms with van der Waals surface area (Å²) < 4.78 is 13.6. The molecule has 1 unspecified atom stereocenters. The first-order valence-electron chi connectivity index (χ1n) is 6.50. The van der Waals surface area contributed by atoms with Gasteiger partial charge in [-0.2, -0.15) is 0 Å². The van der Waals surface area contributed by atoms with Crippen molar-refractivity contribution in [2.24, 2.45) is 5.84 Å². The molecule has 3 N–H and O–H groups in total. The smallest absolute Gasteiger partial charge is 0.126 e. The first-order valence-corrected chi connectivity index (χ1v) is 7.31. The summed E-state index contributed by atoms with van der Waals surface area (Å²) >= 11 is 1.80. The van der Waals surface area contributed by atoms with E-state index in [0.717, 1.165) is 12.8 Å². The standard InChI is InChI=1S/C15H19FN2S/c1-2-13-7-8-14(19-13)10-12(18-17)9-11-5-3-4-6-15(11)16/h3-8,12,18H,2,9-10,17H2,1H3. The van der Waals surface area contributed by atoms with Crippen LogP contribution in [0.5, 0.6) is 0 Å². The summed E-state index contributed by atoms with van der Waals surface area (Å²) in [5.74, 6) is 5.43. The third-order valence-electron chi connectivity index (χ3n) is 3.17. The minimum absolute atomic E-state index is 0.0558. The number of hydrogen-bond acceptors (Lipinski definition) is 3. The summed E-state index contributed by atoms with van der Waals surface area (Å²) in [7, 11) is 0. The highest BCUT2D eigenvalue weighted by Gasteiger charge is 2.12. The maximum atomic E-state index is 13.6. The Labute approximate surface area is 117 Å². The van der Waals surface area contributed by atoms with Gasteiger partial charge < -0.3 is 0 Å². The SMILES string of the molecule is CCc1ccc(CC(Cc2ccccc2F)NN)s1. The minimum atomic E-state index is -0.164. The van der Waals surface area contributed by atoms with Crippen LogP contribution in [0.25, 0.3) is 0 Å². The van der Waals surface area contributed by atoms with Gasteiger partial charge in [0, 0.05) is 15.8 Å². The second-order valence-electron chi connectivity index (χ2n) is 4.58. The molecular weight excluding hydrogens is 259 g/mol. The number of hydrogen-bond donors (Lipinski definition) is 2. The van der Waals surface area contributed by atoms with Gasteiger partial charge in [-0.1, -0.05) is 25.1 Å². The molecule has 1 aromatic carbocycles. The normalized spacial score (nSPS) is 12.6. The molecule has 1 atom stereocenters. The molecule has 0 saturated carbocycles. The molecule has 0 aliphatic rings. The summed E-state index contributed by atoms with van der Waals surface area (Å²) in [5, 5.41) is 0. The average molecular weight is 278 g/mol. The molecule has 0 radical (unpaired) electrons. The molecule has 0 saturated heterocycles. The highest BCUT2D eigenvalue weighted by Crippen LogP contribution is 2.20. The van der Waals surface area contributed by atoms with Crippen molar-refractivity contribution in [3.63, 3.8) is 0 Å². The van der Waals surface area contributed by atoms with Gasteiger partial charge in [0.15, 0.2) is 0 Å². The molecule has 0 spiro atoms. The van der Waals surface area contributed by atoms with Gasteiger partial charge in [-0.15, -0.1) is 11.3 Å². The molecule has 0 bridgehead atoms. The van der Waals surface area contributed by atoms with E-state index in [1.807, 2.05) is 12.1 Å². The predicted molar refractivity (Wildman–Crippen MR) is 78.6 cm³/mol. The number of aryl methyl sites for hydroxylation is 1. The van der Waals surface area contributed by atoms with Crippen molar-refractivity contribution >= 4 is 11.3 Å². The van der Waals surface area contributed by atoms with Gasteiger partial charge in [0.05, 0.1) is 0 Å². The molecule has 1 heterocycles. The maximum Gasteiger partial charge on any atom is 0.126 e. The predicted octanol–water partition coefficient (Wildman–Crippen LogP) is 3.07. The molecular formula is C15H19FN2S. The summed E-state index contributed by atoms with van der Waals surface area (Å²) in [4.78, 5) is 2.66. The first-order chi connectivity index (χ1) is 9.22. The van der Waals surface area contributed by atoms with Crippen LogP contribution in [0.2, 0.25) is 0 Å². The number of halogens is 1. The number of nitrogens with two attached hydrogens (primary N) is 1. The van der Waals surface area contributed by atoms with E-state index >= 15 is 0 Å². The van der Waals surface area contributed by atoms with Crippen molar-refractivity contribution in [2.45, 2.75) is 32.2 Å². The molecule has 0 fully saturated rings. The Morgan fingerprint density at radius 3 is 2.53 bits per heavy atom. The number of hydrazine groups is 1. The van der Waals surface area contributed by atoms with Gasteiger partial charge in [0.2, 0.25) is 0 Å². The average Bonchev–Trinajstić information content (AvgIpc) is 2.88. The van der Waals surface area contributed by atoms with Crippen LogP contribution in [-0.2, 0) is 19.3 Å². The molecule has 2 nitrogen and oxygen atoms in total. The van der Waals surface area contributed by atoms with Crippen LogP contribution in [0.3, 0.4) is 0 Å². The van der Waals surface area contributed by atoms with Crippen LogP contribution >= 0.6 is 11.3 Å². The first kappa shape index (κ1) is 14.2.